The van der Waals surface area contributed by atoms with E-state index in [9.17, 15) is 9.18 Å². The molecule has 3 nitrogen and oxygen atoms in total. The molecule has 0 aromatic heterocycles. The van der Waals surface area contributed by atoms with E-state index in [1.54, 1.807) is 24.3 Å². The molecule has 1 aliphatic rings. The maximum atomic E-state index is 13.2. The maximum absolute atomic E-state index is 13.2. The first-order valence-corrected chi connectivity index (χ1v) is 7.02. The zero-order chi connectivity index (χ0) is 15.7. The molecule has 1 aliphatic heterocycles. The average Bonchev–Trinajstić information content (AvgIpc) is 2.80. The predicted octanol–water partition coefficient (Wildman–Crippen LogP) is 4.48. The number of aliphatic imine (C=N–C) groups is 1. The summed E-state index contributed by atoms with van der Waals surface area (Å²) < 4.78 is 18.3. The maximum Gasteiger partial charge on any atom is 0.363 e. The van der Waals surface area contributed by atoms with Crippen molar-refractivity contribution in [2.45, 2.75) is 0 Å². The van der Waals surface area contributed by atoms with Gasteiger partial charge in [-0.25, -0.2) is 14.2 Å². The Morgan fingerprint density at radius 3 is 2.68 bits per heavy atom. The molecule has 0 atom stereocenters. The number of nitrogens with zero attached hydrogens (tertiary/aromatic N) is 1. The fraction of sp³-hybridized carbons (Fsp3) is 0. The van der Waals surface area contributed by atoms with E-state index in [-0.39, 0.29) is 11.6 Å². The van der Waals surface area contributed by atoms with Crippen LogP contribution in [0.5, 0.6) is 0 Å². The summed E-state index contributed by atoms with van der Waals surface area (Å²) in [5, 5.41) is 0.792. The van der Waals surface area contributed by atoms with E-state index < -0.39 is 11.8 Å². The topological polar surface area (TPSA) is 38.7 Å². The number of carbonyl (C=O) groups excluding carboxylic acids is 1. The molecule has 0 amide bonds. The number of hydrogen-bond acceptors (Lipinski definition) is 3. The number of esters is 1. The van der Waals surface area contributed by atoms with E-state index in [4.69, 9.17) is 27.9 Å². The van der Waals surface area contributed by atoms with Gasteiger partial charge in [-0.2, -0.15) is 0 Å². The Balaban J connectivity index is 1.98. The molecule has 0 spiro atoms. The third kappa shape index (κ3) is 3.03. The van der Waals surface area contributed by atoms with Crippen LogP contribution in [0.1, 0.15) is 11.1 Å². The zero-order valence-electron chi connectivity index (χ0n) is 11.0. The molecular formula is C16H8Cl2FNO2. The van der Waals surface area contributed by atoms with Crippen LogP contribution < -0.4 is 0 Å². The van der Waals surface area contributed by atoms with Crippen molar-refractivity contribution in [1.29, 1.82) is 0 Å². The van der Waals surface area contributed by atoms with E-state index >= 15 is 0 Å². The number of ether oxygens (including phenoxy) is 1. The summed E-state index contributed by atoms with van der Waals surface area (Å²) >= 11 is 11.9. The molecule has 2 aromatic carbocycles. The monoisotopic (exact) mass is 335 g/mol. The minimum Gasteiger partial charge on any atom is -0.402 e. The highest BCUT2D eigenvalue weighted by Gasteiger charge is 2.25. The fourth-order valence-electron chi connectivity index (χ4n) is 1.94. The summed E-state index contributed by atoms with van der Waals surface area (Å²) in [6.45, 7) is 0. The Kier molecular flexibility index (Phi) is 3.96. The van der Waals surface area contributed by atoms with Crippen molar-refractivity contribution in [3.8, 4) is 0 Å². The number of benzene rings is 2. The molecule has 3 rings (SSSR count). The summed E-state index contributed by atoms with van der Waals surface area (Å²) in [5.74, 6) is -0.926. The van der Waals surface area contributed by atoms with Crippen molar-refractivity contribution in [2.75, 3.05) is 0 Å². The van der Waals surface area contributed by atoms with Crippen LogP contribution in [0.25, 0.3) is 6.08 Å². The van der Waals surface area contributed by atoms with Crippen LogP contribution in [0.4, 0.5) is 4.39 Å². The SMILES string of the molecule is O=C1OC(c2ccc(Cl)cc2Cl)=NC1=Cc1cccc(F)c1. The molecule has 0 saturated carbocycles. The van der Waals surface area contributed by atoms with Crippen molar-refractivity contribution in [2.24, 2.45) is 4.99 Å². The van der Waals surface area contributed by atoms with Gasteiger partial charge in [0, 0.05) is 5.02 Å². The second kappa shape index (κ2) is 5.91. The minimum atomic E-state index is -0.620. The molecule has 0 radical (unpaired) electrons. The van der Waals surface area contributed by atoms with E-state index in [0.29, 0.717) is 21.2 Å². The molecule has 0 bridgehead atoms. The lowest BCUT2D eigenvalue weighted by Crippen LogP contribution is -2.05. The Bertz CT molecular complexity index is 831. The Morgan fingerprint density at radius 2 is 1.95 bits per heavy atom. The average molecular weight is 336 g/mol. The van der Waals surface area contributed by atoms with Crippen molar-refractivity contribution in [3.63, 3.8) is 0 Å². The molecule has 0 fully saturated rings. The quantitative estimate of drug-likeness (QED) is 0.599. The van der Waals surface area contributed by atoms with E-state index in [2.05, 4.69) is 4.99 Å². The smallest absolute Gasteiger partial charge is 0.363 e. The van der Waals surface area contributed by atoms with Gasteiger partial charge in [0.05, 0.1) is 10.6 Å². The molecule has 0 saturated heterocycles. The number of hydrogen-bond donors (Lipinski definition) is 0. The summed E-state index contributed by atoms with van der Waals surface area (Å²) in [6, 6.07) is 10.6. The van der Waals surface area contributed by atoms with Crippen LogP contribution in [0.2, 0.25) is 10.0 Å². The Hall–Kier alpha value is -2.17. The summed E-state index contributed by atoms with van der Waals surface area (Å²) in [6.07, 6.45) is 1.45. The third-order valence-electron chi connectivity index (χ3n) is 2.93. The van der Waals surface area contributed by atoms with E-state index in [0.717, 1.165) is 0 Å². The lowest BCUT2D eigenvalue weighted by atomic mass is 10.2. The first-order valence-electron chi connectivity index (χ1n) is 6.26. The predicted molar refractivity (Wildman–Crippen MR) is 83.5 cm³/mol. The van der Waals surface area contributed by atoms with Crippen molar-refractivity contribution in [3.05, 3.63) is 75.2 Å². The van der Waals surface area contributed by atoms with Crippen LogP contribution in [0.3, 0.4) is 0 Å². The molecule has 110 valence electrons. The van der Waals surface area contributed by atoms with Gasteiger partial charge in [-0.15, -0.1) is 0 Å². The first-order chi connectivity index (χ1) is 10.5. The lowest BCUT2D eigenvalue weighted by molar-refractivity contribution is -0.129. The summed E-state index contributed by atoms with van der Waals surface area (Å²) in [5.41, 5.74) is 1.05. The number of cyclic esters (lactones) is 1. The molecule has 22 heavy (non-hydrogen) atoms. The molecule has 0 N–H and O–H groups in total. The van der Waals surface area contributed by atoms with Gasteiger partial charge in [0.15, 0.2) is 5.70 Å². The fourth-order valence-corrected chi connectivity index (χ4v) is 2.43. The van der Waals surface area contributed by atoms with E-state index in [1.165, 1.54) is 24.3 Å². The van der Waals surface area contributed by atoms with Crippen LogP contribution in [-0.2, 0) is 9.53 Å². The minimum absolute atomic E-state index is 0.0756. The van der Waals surface area contributed by atoms with Crippen LogP contribution in [0, 0.1) is 5.82 Å². The van der Waals surface area contributed by atoms with E-state index in [1.807, 2.05) is 0 Å². The Labute approximate surface area is 135 Å². The number of rotatable bonds is 2. The largest absolute Gasteiger partial charge is 0.402 e. The lowest BCUT2D eigenvalue weighted by Gasteiger charge is -2.02. The van der Waals surface area contributed by atoms with Gasteiger partial charge < -0.3 is 4.74 Å². The highest BCUT2D eigenvalue weighted by atomic mass is 35.5. The van der Waals surface area contributed by atoms with Gasteiger partial charge in [-0.05, 0) is 42.0 Å². The van der Waals surface area contributed by atoms with Gasteiger partial charge in [-0.3, -0.25) is 0 Å². The van der Waals surface area contributed by atoms with Crippen molar-refractivity contribution in [1.82, 2.24) is 0 Å². The highest BCUT2D eigenvalue weighted by molar-refractivity contribution is 6.37. The van der Waals surface area contributed by atoms with Crippen LogP contribution >= 0.6 is 23.2 Å². The number of carbonyl (C=O) groups is 1. The molecule has 6 heteroatoms. The number of halogens is 3. The normalized spacial score (nSPS) is 15.9. The zero-order valence-corrected chi connectivity index (χ0v) is 12.5. The summed E-state index contributed by atoms with van der Waals surface area (Å²) in [4.78, 5) is 16.0. The second-order valence-electron chi connectivity index (χ2n) is 4.52. The van der Waals surface area contributed by atoms with Gasteiger partial charge >= 0.3 is 5.97 Å². The molecule has 0 aliphatic carbocycles. The first kappa shape index (κ1) is 14.8. The Morgan fingerprint density at radius 1 is 1.14 bits per heavy atom. The third-order valence-corrected chi connectivity index (χ3v) is 3.48. The standard InChI is InChI=1S/C16H8Cl2FNO2/c17-10-4-5-12(13(18)8-10)15-20-14(16(21)22-15)7-9-2-1-3-11(19)6-9/h1-8H. The van der Waals surface area contributed by atoms with Gasteiger partial charge in [0.25, 0.3) is 0 Å². The molecule has 0 unspecified atom stereocenters. The summed E-state index contributed by atoms with van der Waals surface area (Å²) in [7, 11) is 0. The van der Waals surface area contributed by atoms with Crippen LogP contribution in [-0.4, -0.2) is 11.9 Å². The molecular weight excluding hydrogens is 328 g/mol. The molecule has 1 heterocycles. The van der Waals surface area contributed by atoms with Gasteiger partial charge in [0.1, 0.15) is 5.82 Å². The highest BCUT2D eigenvalue weighted by Crippen LogP contribution is 2.26. The molecule has 2 aromatic rings. The second-order valence-corrected chi connectivity index (χ2v) is 5.36. The van der Waals surface area contributed by atoms with Gasteiger partial charge in [-0.1, -0.05) is 35.3 Å². The van der Waals surface area contributed by atoms with Crippen molar-refractivity contribution < 1.29 is 13.9 Å². The van der Waals surface area contributed by atoms with Crippen molar-refractivity contribution >= 4 is 41.1 Å². The van der Waals surface area contributed by atoms with Crippen LogP contribution in [0.15, 0.2) is 53.2 Å². The van der Waals surface area contributed by atoms with Gasteiger partial charge in [0.2, 0.25) is 5.90 Å².